The van der Waals surface area contributed by atoms with Crippen LogP contribution in [0.3, 0.4) is 0 Å². The van der Waals surface area contributed by atoms with Gasteiger partial charge in [-0.05, 0) is 60.2 Å². The van der Waals surface area contributed by atoms with Crippen molar-refractivity contribution in [2.45, 2.75) is 0 Å². The van der Waals surface area contributed by atoms with Gasteiger partial charge in [0.2, 0.25) is 0 Å². The number of benzene rings is 3. The molecule has 8 heteroatoms. The fourth-order valence-corrected chi connectivity index (χ4v) is 2.95. The fraction of sp³-hybridized carbons (Fsp3) is 0.0455. The minimum atomic E-state index is -0.502. The Hall–Kier alpha value is -3.35. The maximum atomic E-state index is 12.3. The van der Waals surface area contributed by atoms with E-state index in [1.807, 2.05) is 0 Å². The van der Waals surface area contributed by atoms with E-state index in [0.29, 0.717) is 27.6 Å². The lowest BCUT2D eigenvalue weighted by Crippen LogP contribution is -2.18. The summed E-state index contributed by atoms with van der Waals surface area (Å²) in [6.45, 7) is 0. The van der Waals surface area contributed by atoms with Gasteiger partial charge in [0.05, 0.1) is 29.5 Å². The lowest BCUT2D eigenvalue weighted by atomic mass is 10.2. The van der Waals surface area contributed by atoms with Crippen molar-refractivity contribution in [3.8, 4) is 11.5 Å². The van der Waals surface area contributed by atoms with Gasteiger partial charge in [0.15, 0.2) is 0 Å². The number of ether oxygens (including phenoxy) is 2. The highest BCUT2D eigenvalue weighted by Crippen LogP contribution is 2.21. The number of halogens is 2. The molecule has 152 valence electrons. The molecule has 6 nitrogen and oxygen atoms in total. The number of amides is 1. The van der Waals surface area contributed by atoms with Gasteiger partial charge in [-0.15, -0.1) is 0 Å². The first kappa shape index (κ1) is 21.4. The van der Waals surface area contributed by atoms with E-state index in [1.54, 1.807) is 61.7 Å². The van der Waals surface area contributed by atoms with Crippen molar-refractivity contribution in [1.82, 2.24) is 5.43 Å². The van der Waals surface area contributed by atoms with E-state index in [-0.39, 0.29) is 10.6 Å². The van der Waals surface area contributed by atoms with Crippen molar-refractivity contribution < 1.29 is 19.1 Å². The molecule has 0 radical (unpaired) electrons. The minimum Gasteiger partial charge on any atom is -0.497 e. The Morgan fingerprint density at radius 2 is 1.73 bits per heavy atom. The minimum absolute atomic E-state index is 0.225. The molecule has 30 heavy (non-hydrogen) atoms. The second-order valence-electron chi connectivity index (χ2n) is 6.01. The standard InChI is InChI=1S/C22H16Cl2N2O4/c1-29-17-8-5-15(6-9-17)22(28)30-18-4-2-3-14(11-18)13-25-26-21(27)19-10-7-16(23)12-20(19)24/h2-13H,1H3,(H,26,27)/b25-13-. The molecule has 0 aliphatic rings. The van der Waals surface area contributed by atoms with Gasteiger partial charge < -0.3 is 9.47 Å². The Labute approximate surface area is 183 Å². The third-order valence-corrected chi connectivity index (χ3v) is 4.50. The Kier molecular flexibility index (Phi) is 7.06. The highest BCUT2D eigenvalue weighted by Gasteiger charge is 2.10. The zero-order valence-corrected chi connectivity index (χ0v) is 17.3. The topological polar surface area (TPSA) is 77.0 Å². The van der Waals surface area contributed by atoms with Crippen molar-refractivity contribution in [3.05, 3.63) is 93.5 Å². The second kappa shape index (κ2) is 9.91. The Morgan fingerprint density at radius 3 is 2.43 bits per heavy atom. The van der Waals surface area contributed by atoms with Crippen LogP contribution in [0.5, 0.6) is 11.5 Å². The average molecular weight is 443 g/mol. The van der Waals surface area contributed by atoms with Gasteiger partial charge in [-0.1, -0.05) is 35.3 Å². The molecule has 0 aliphatic heterocycles. The van der Waals surface area contributed by atoms with Crippen LogP contribution >= 0.6 is 23.2 Å². The molecule has 1 N–H and O–H groups in total. The number of hydrogen-bond donors (Lipinski definition) is 1. The predicted molar refractivity (Wildman–Crippen MR) is 116 cm³/mol. The molecule has 3 aromatic rings. The van der Waals surface area contributed by atoms with Crippen LogP contribution < -0.4 is 14.9 Å². The maximum absolute atomic E-state index is 12.3. The first-order valence-corrected chi connectivity index (χ1v) is 9.46. The highest BCUT2D eigenvalue weighted by atomic mass is 35.5. The Bertz CT molecular complexity index is 1100. The summed E-state index contributed by atoms with van der Waals surface area (Å²) in [7, 11) is 1.55. The molecule has 0 spiro atoms. The summed E-state index contributed by atoms with van der Waals surface area (Å²) in [6.07, 6.45) is 1.42. The van der Waals surface area contributed by atoms with Crippen LogP contribution in [-0.2, 0) is 0 Å². The van der Waals surface area contributed by atoms with Crippen molar-refractivity contribution in [1.29, 1.82) is 0 Å². The number of nitrogens with one attached hydrogen (secondary N) is 1. The monoisotopic (exact) mass is 442 g/mol. The summed E-state index contributed by atoms with van der Waals surface area (Å²) in [6, 6.07) is 17.8. The zero-order valence-electron chi connectivity index (χ0n) is 15.8. The van der Waals surface area contributed by atoms with Gasteiger partial charge >= 0.3 is 5.97 Å². The zero-order chi connectivity index (χ0) is 21.5. The summed E-state index contributed by atoms with van der Waals surface area (Å²) < 4.78 is 10.4. The maximum Gasteiger partial charge on any atom is 0.343 e. The van der Waals surface area contributed by atoms with Gasteiger partial charge in [0.25, 0.3) is 5.91 Å². The van der Waals surface area contributed by atoms with E-state index >= 15 is 0 Å². The SMILES string of the molecule is COc1ccc(C(=O)Oc2cccc(/C=N\NC(=O)c3ccc(Cl)cc3Cl)c2)cc1. The summed E-state index contributed by atoms with van der Waals surface area (Å²) in [4.78, 5) is 24.4. The number of carbonyl (C=O) groups is 2. The molecule has 3 aromatic carbocycles. The largest absolute Gasteiger partial charge is 0.497 e. The molecule has 0 aromatic heterocycles. The molecule has 1 amide bonds. The summed E-state index contributed by atoms with van der Waals surface area (Å²) in [5.41, 5.74) is 3.65. The predicted octanol–water partition coefficient (Wildman–Crippen LogP) is 4.99. The van der Waals surface area contributed by atoms with Crippen LogP contribution in [0.15, 0.2) is 71.8 Å². The van der Waals surface area contributed by atoms with Gasteiger partial charge in [-0.3, -0.25) is 4.79 Å². The van der Waals surface area contributed by atoms with Crippen LogP contribution in [0, 0.1) is 0 Å². The van der Waals surface area contributed by atoms with Crippen molar-refractivity contribution >= 4 is 41.3 Å². The van der Waals surface area contributed by atoms with Gasteiger partial charge in [-0.25, -0.2) is 10.2 Å². The highest BCUT2D eigenvalue weighted by molar-refractivity contribution is 6.36. The molecular weight excluding hydrogens is 427 g/mol. The third kappa shape index (κ3) is 5.59. The Morgan fingerprint density at radius 1 is 0.967 bits per heavy atom. The van der Waals surface area contributed by atoms with Crippen molar-refractivity contribution in [3.63, 3.8) is 0 Å². The summed E-state index contributed by atoms with van der Waals surface area (Å²) >= 11 is 11.8. The second-order valence-corrected chi connectivity index (χ2v) is 6.86. The van der Waals surface area contributed by atoms with Crippen molar-refractivity contribution in [2.24, 2.45) is 5.10 Å². The van der Waals surface area contributed by atoms with Gasteiger partial charge in [-0.2, -0.15) is 5.10 Å². The van der Waals surface area contributed by atoms with E-state index in [0.717, 1.165) is 0 Å². The smallest absolute Gasteiger partial charge is 0.343 e. The third-order valence-electron chi connectivity index (χ3n) is 3.95. The van der Waals surface area contributed by atoms with E-state index in [1.165, 1.54) is 18.3 Å². The van der Waals surface area contributed by atoms with Crippen LogP contribution in [0.4, 0.5) is 0 Å². The number of methoxy groups -OCH3 is 1. The van der Waals surface area contributed by atoms with E-state index in [2.05, 4.69) is 10.5 Å². The number of carbonyl (C=O) groups excluding carboxylic acids is 2. The fourth-order valence-electron chi connectivity index (χ4n) is 2.45. The molecule has 0 saturated heterocycles. The lowest BCUT2D eigenvalue weighted by Gasteiger charge is -2.06. The number of hydrogen-bond acceptors (Lipinski definition) is 5. The normalized spacial score (nSPS) is 10.6. The Balaban J connectivity index is 1.63. The number of nitrogens with zero attached hydrogens (tertiary/aromatic N) is 1. The number of hydrazone groups is 1. The summed E-state index contributed by atoms with van der Waals surface area (Å²) in [5, 5.41) is 4.56. The van der Waals surface area contributed by atoms with Crippen LogP contribution in [-0.4, -0.2) is 25.2 Å². The molecule has 0 aliphatic carbocycles. The first-order valence-electron chi connectivity index (χ1n) is 8.71. The van der Waals surface area contributed by atoms with E-state index in [9.17, 15) is 9.59 Å². The molecule has 0 unspecified atom stereocenters. The van der Waals surface area contributed by atoms with Crippen molar-refractivity contribution in [2.75, 3.05) is 7.11 Å². The first-order chi connectivity index (χ1) is 14.5. The summed E-state index contributed by atoms with van der Waals surface area (Å²) in [5.74, 6) is 0.00552. The van der Waals surface area contributed by atoms with Gasteiger partial charge in [0.1, 0.15) is 11.5 Å². The van der Waals surface area contributed by atoms with Crippen LogP contribution in [0.2, 0.25) is 10.0 Å². The molecule has 3 rings (SSSR count). The number of esters is 1. The molecule has 0 saturated carbocycles. The number of rotatable bonds is 6. The van der Waals surface area contributed by atoms with Crippen LogP contribution in [0.25, 0.3) is 0 Å². The molecule has 0 atom stereocenters. The lowest BCUT2D eigenvalue weighted by molar-refractivity contribution is 0.0734. The molecule has 0 fully saturated rings. The van der Waals surface area contributed by atoms with Gasteiger partial charge in [0, 0.05) is 5.02 Å². The molecular formula is C22H16Cl2N2O4. The van der Waals surface area contributed by atoms with E-state index in [4.69, 9.17) is 32.7 Å². The quantitative estimate of drug-likeness (QED) is 0.252. The van der Waals surface area contributed by atoms with Crippen LogP contribution in [0.1, 0.15) is 26.3 Å². The van der Waals surface area contributed by atoms with E-state index < -0.39 is 11.9 Å². The average Bonchev–Trinajstić information content (AvgIpc) is 2.74. The molecule has 0 bridgehead atoms. The molecule has 0 heterocycles.